The Hall–Kier alpha value is -1.72. The highest BCUT2D eigenvalue weighted by molar-refractivity contribution is 7.98. The van der Waals surface area contributed by atoms with Gasteiger partial charge in [0.15, 0.2) is 4.80 Å². The third kappa shape index (κ3) is 3.20. The Morgan fingerprint density at radius 2 is 1.91 bits per heavy atom. The molecule has 0 amide bonds. The summed E-state index contributed by atoms with van der Waals surface area (Å²) in [4.78, 5) is 5.87. The number of benzene rings is 2. The lowest BCUT2D eigenvalue weighted by atomic mass is 10.3. The molecule has 0 saturated heterocycles. The van der Waals surface area contributed by atoms with Crippen molar-refractivity contribution in [1.82, 2.24) is 4.57 Å². The number of hydrogen-bond acceptors (Lipinski definition) is 4. The predicted molar refractivity (Wildman–Crippen MR) is 96.4 cm³/mol. The van der Waals surface area contributed by atoms with Gasteiger partial charge in [0, 0.05) is 12.3 Å². The summed E-state index contributed by atoms with van der Waals surface area (Å²) >= 11 is 3.59. The van der Waals surface area contributed by atoms with Gasteiger partial charge in [-0.1, -0.05) is 23.5 Å². The van der Waals surface area contributed by atoms with Gasteiger partial charge >= 0.3 is 0 Å². The minimum Gasteiger partial charge on any atom is -0.497 e. The minimum absolute atomic E-state index is 0.852. The summed E-state index contributed by atoms with van der Waals surface area (Å²) in [6, 6.07) is 16.3. The molecule has 3 rings (SSSR count). The van der Waals surface area contributed by atoms with E-state index in [1.807, 2.05) is 36.0 Å². The Morgan fingerprint density at radius 3 is 2.64 bits per heavy atom. The second-order valence-electron chi connectivity index (χ2n) is 4.81. The van der Waals surface area contributed by atoms with Gasteiger partial charge in [-0.05, 0) is 42.7 Å². The molecular weight excluding hydrogens is 312 g/mol. The third-order valence-electron chi connectivity index (χ3n) is 3.40. The van der Waals surface area contributed by atoms with Crippen LogP contribution in [0.2, 0.25) is 0 Å². The topological polar surface area (TPSA) is 26.5 Å². The Morgan fingerprint density at radius 1 is 1.14 bits per heavy atom. The second kappa shape index (κ2) is 7.03. The molecule has 114 valence electrons. The standard InChI is InChI=1S/C17H18N2OS2/c1-20-14-9-7-13(8-10-14)18-17-19(11-12-21-2)15-5-3-4-6-16(15)22-17/h3-10H,11-12H2,1-2H3. The molecular formula is C17H18N2OS2. The summed E-state index contributed by atoms with van der Waals surface area (Å²) in [6.45, 7) is 0.972. The molecule has 0 N–H and O–H groups in total. The van der Waals surface area contributed by atoms with Crippen molar-refractivity contribution in [2.45, 2.75) is 6.54 Å². The molecule has 2 aromatic carbocycles. The van der Waals surface area contributed by atoms with E-state index in [9.17, 15) is 0 Å². The molecule has 0 unspecified atom stereocenters. The number of methoxy groups -OCH3 is 1. The molecule has 0 spiro atoms. The lowest BCUT2D eigenvalue weighted by Crippen LogP contribution is -2.15. The molecule has 0 aliphatic carbocycles. The van der Waals surface area contributed by atoms with E-state index >= 15 is 0 Å². The highest BCUT2D eigenvalue weighted by atomic mass is 32.2. The van der Waals surface area contributed by atoms with Crippen LogP contribution in [0.1, 0.15) is 0 Å². The number of para-hydroxylation sites is 1. The number of rotatable bonds is 5. The maximum absolute atomic E-state index is 5.20. The highest BCUT2D eigenvalue weighted by Crippen LogP contribution is 2.20. The molecule has 5 heteroatoms. The van der Waals surface area contributed by atoms with Crippen LogP contribution in [-0.2, 0) is 6.54 Å². The predicted octanol–water partition coefficient (Wildman–Crippen LogP) is 4.31. The van der Waals surface area contributed by atoms with Crippen LogP contribution in [0.4, 0.5) is 5.69 Å². The highest BCUT2D eigenvalue weighted by Gasteiger charge is 2.05. The van der Waals surface area contributed by atoms with Crippen molar-refractivity contribution in [2.24, 2.45) is 4.99 Å². The second-order valence-corrected chi connectivity index (χ2v) is 6.80. The van der Waals surface area contributed by atoms with E-state index < -0.39 is 0 Å². The van der Waals surface area contributed by atoms with Crippen LogP contribution < -0.4 is 9.54 Å². The van der Waals surface area contributed by atoms with Crippen molar-refractivity contribution in [3.05, 3.63) is 53.3 Å². The number of fused-ring (bicyclic) bond motifs is 1. The Bertz CT molecular complexity index is 819. The maximum Gasteiger partial charge on any atom is 0.190 e. The van der Waals surface area contributed by atoms with Crippen LogP contribution >= 0.6 is 23.1 Å². The van der Waals surface area contributed by atoms with Crippen LogP contribution in [-0.4, -0.2) is 23.7 Å². The first-order valence-corrected chi connectivity index (χ1v) is 9.29. The molecule has 0 radical (unpaired) electrons. The van der Waals surface area contributed by atoms with Gasteiger partial charge in [0.2, 0.25) is 0 Å². The lowest BCUT2D eigenvalue weighted by Gasteiger charge is -2.04. The Labute approximate surface area is 138 Å². The first kappa shape index (κ1) is 15.2. The van der Waals surface area contributed by atoms with Crippen LogP contribution in [0, 0.1) is 0 Å². The van der Waals surface area contributed by atoms with Gasteiger partial charge < -0.3 is 9.30 Å². The molecule has 3 nitrogen and oxygen atoms in total. The van der Waals surface area contributed by atoms with Crippen LogP contribution in [0.5, 0.6) is 5.75 Å². The summed E-state index contributed by atoms with van der Waals surface area (Å²) < 4.78 is 8.78. The average molecular weight is 330 g/mol. The number of nitrogens with zero attached hydrogens (tertiary/aromatic N) is 2. The number of aryl methyl sites for hydroxylation is 1. The quantitative estimate of drug-likeness (QED) is 0.697. The van der Waals surface area contributed by atoms with Crippen LogP contribution in [0.3, 0.4) is 0 Å². The zero-order chi connectivity index (χ0) is 15.4. The Balaban J connectivity index is 2.09. The molecule has 0 fully saturated rings. The third-order valence-corrected chi connectivity index (χ3v) is 5.05. The van der Waals surface area contributed by atoms with Gasteiger partial charge in [0.05, 0.1) is 23.0 Å². The molecule has 22 heavy (non-hydrogen) atoms. The molecule has 1 aromatic heterocycles. The van der Waals surface area contributed by atoms with Gasteiger partial charge in [-0.25, -0.2) is 4.99 Å². The fourth-order valence-corrected chi connectivity index (χ4v) is 3.71. The SMILES string of the molecule is COc1ccc(N=c2sc3ccccc3n2CCSC)cc1. The van der Waals surface area contributed by atoms with E-state index in [0.717, 1.165) is 28.5 Å². The molecule has 0 bridgehead atoms. The lowest BCUT2D eigenvalue weighted by molar-refractivity contribution is 0.415. The van der Waals surface area contributed by atoms with Crippen LogP contribution in [0.25, 0.3) is 10.2 Å². The number of hydrogen-bond donors (Lipinski definition) is 0. The first-order valence-electron chi connectivity index (χ1n) is 7.08. The number of thiazole rings is 1. The zero-order valence-electron chi connectivity index (χ0n) is 12.7. The van der Waals surface area contributed by atoms with E-state index in [-0.39, 0.29) is 0 Å². The number of ether oxygens (including phenoxy) is 1. The van der Waals surface area contributed by atoms with Gasteiger partial charge in [0.25, 0.3) is 0 Å². The van der Waals surface area contributed by atoms with Gasteiger partial charge in [-0.3, -0.25) is 0 Å². The van der Waals surface area contributed by atoms with Crippen molar-refractivity contribution in [2.75, 3.05) is 19.1 Å². The van der Waals surface area contributed by atoms with E-state index in [1.165, 1.54) is 10.2 Å². The number of aromatic nitrogens is 1. The summed E-state index contributed by atoms with van der Waals surface area (Å²) in [5, 5.41) is 0. The fourth-order valence-electron chi connectivity index (χ4n) is 2.27. The summed E-state index contributed by atoms with van der Waals surface area (Å²) in [7, 11) is 1.68. The monoisotopic (exact) mass is 330 g/mol. The average Bonchev–Trinajstić information content (AvgIpc) is 2.91. The minimum atomic E-state index is 0.852. The van der Waals surface area contributed by atoms with Gasteiger partial charge in [0.1, 0.15) is 5.75 Å². The maximum atomic E-state index is 5.20. The fraction of sp³-hybridized carbons (Fsp3) is 0.235. The van der Waals surface area contributed by atoms with Crippen molar-refractivity contribution in [3.63, 3.8) is 0 Å². The van der Waals surface area contributed by atoms with E-state index in [0.29, 0.717) is 0 Å². The van der Waals surface area contributed by atoms with Gasteiger partial charge in [-0.15, -0.1) is 0 Å². The summed E-state index contributed by atoms with van der Waals surface area (Å²) in [6.07, 6.45) is 2.13. The molecule has 0 aliphatic heterocycles. The molecule has 1 heterocycles. The molecule has 0 saturated carbocycles. The van der Waals surface area contributed by atoms with Crippen molar-refractivity contribution >= 4 is 39.0 Å². The van der Waals surface area contributed by atoms with Crippen molar-refractivity contribution < 1.29 is 4.74 Å². The van der Waals surface area contributed by atoms with Crippen LogP contribution in [0.15, 0.2) is 53.5 Å². The molecule has 0 aliphatic rings. The summed E-state index contributed by atoms with van der Waals surface area (Å²) in [5.74, 6) is 1.93. The van der Waals surface area contributed by atoms with Gasteiger partial charge in [-0.2, -0.15) is 11.8 Å². The molecule has 0 atom stereocenters. The Kier molecular flexibility index (Phi) is 4.85. The smallest absolute Gasteiger partial charge is 0.190 e. The van der Waals surface area contributed by atoms with E-state index in [1.54, 1.807) is 18.4 Å². The summed E-state index contributed by atoms with van der Waals surface area (Å²) in [5.41, 5.74) is 2.21. The van der Waals surface area contributed by atoms with Crippen molar-refractivity contribution in [3.8, 4) is 5.75 Å². The first-order chi connectivity index (χ1) is 10.8. The largest absolute Gasteiger partial charge is 0.497 e. The normalized spacial score (nSPS) is 12.0. The van der Waals surface area contributed by atoms with E-state index in [4.69, 9.17) is 9.73 Å². The van der Waals surface area contributed by atoms with Crippen molar-refractivity contribution in [1.29, 1.82) is 0 Å². The zero-order valence-corrected chi connectivity index (χ0v) is 14.3. The molecule has 3 aromatic rings. The van der Waals surface area contributed by atoms with E-state index in [2.05, 4.69) is 35.1 Å². The number of thioether (sulfide) groups is 1.